The van der Waals surface area contributed by atoms with Crippen LogP contribution in [-0.4, -0.2) is 24.6 Å². The highest BCUT2D eigenvalue weighted by molar-refractivity contribution is 6.07. The number of nitrogens with one attached hydrogen (secondary N) is 1. The second-order valence-electron chi connectivity index (χ2n) is 6.41. The number of hydrogen-bond donors (Lipinski definition) is 1. The lowest BCUT2D eigenvalue weighted by molar-refractivity contribution is -0.126. The molecule has 0 saturated heterocycles. The SMILES string of the molecule is CN1C(=O)CCc2cc(C3=NNC(=O)C4CCCC34)ccc21. The number of rotatable bonds is 1. The zero-order valence-electron chi connectivity index (χ0n) is 12.6. The van der Waals surface area contributed by atoms with E-state index >= 15 is 0 Å². The normalized spacial score (nSPS) is 27.1. The Morgan fingerprint density at radius 3 is 2.86 bits per heavy atom. The standard InChI is InChI=1S/C17H19N3O2/c1-20-14-7-5-11(9-10(14)6-8-15(20)21)16-12-3-2-4-13(12)17(22)19-18-16/h5,7,9,12-13H,2-4,6,8H2,1H3,(H,19,22). The number of nitrogens with zero attached hydrogens (tertiary/aromatic N) is 2. The van der Waals surface area contributed by atoms with Gasteiger partial charge in [0.2, 0.25) is 11.8 Å². The van der Waals surface area contributed by atoms with Crippen LogP contribution in [0.25, 0.3) is 0 Å². The van der Waals surface area contributed by atoms with E-state index in [-0.39, 0.29) is 23.7 Å². The Bertz CT molecular complexity index is 695. The van der Waals surface area contributed by atoms with Gasteiger partial charge in [-0.1, -0.05) is 12.5 Å². The molecule has 1 aromatic rings. The van der Waals surface area contributed by atoms with Gasteiger partial charge in [0.25, 0.3) is 0 Å². The summed E-state index contributed by atoms with van der Waals surface area (Å²) in [4.78, 5) is 25.4. The molecule has 114 valence electrons. The van der Waals surface area contributed by atoms with E-state index in [1.165, 1.54) is 5.56 Å². The first-order valence-electron chi connectivity index (χ1n) is 7.92. The molecule has 1 N–H and O–H groups in total. The van der Waals surface area contributed by atoms with Crippen LogP contribution in [0.2, 0.25) is 0 Å². The molecule has 2 atom stereocenters. The van der Waals surface area contributed by atoms with Gasteiger partial charge in [-0.2, -0.15) is 5.10 Å². The van der Waals surface area contributed by atoms with E-state index in [0.717, 1.165) is 42.6 Å². The van der Waals surface area contributed by atoms with Crippen LogP contribution in [0.3, 0.4) is 0 Å². The van der Waals surface area contributed by atoms with Gasteiger partial charge >= 0.3 is 0 Å². The van der Waals surface area contributed by atoms with Gasteiger partial charge in [0, 0.05) is 31.0 Å². The van der Waals surface area contributed by atoms with Crippen molar-refractivity contribution in [3.05, 3.63) is 29.3 Å². The number of hydrazone groups is 1. The Morgan fingerprint density at radius 1 is 1.18 bits per heavy atom. The second kappa shape index (κ2) is 4.93. The molecule has 5 nitrogen and oxygen atoms in total. The van der Waals surface area contributed by atoms with Gasteiger partial charge in [0.05, 0.1) is 5.71 Å². The average molecular weight is 297 g/mol. The van der Waals surface area contributed by atoms with E-state index in [4.69, 9.17) is 0 Å². The molecule has 2 heterocycles. The molecule has 0 aromatic heterocycles. The molecule has 4 rings (SSSR count). The predicted molar refractivity (Wildman–Crippen MR) is 83.7 cm³/mol. The van der Waals surface area contributed by atoms with E-state index < -0.39 is 0 Å². The minimum Gasteiger partial charge on any atom is -0.315 e. The van der Waals surface area contributed by atoms with Gasteiger partial charge in [0.15, 0.2) is 0 Å². The minimum atomic E-state index is 0.0644. The molecule has 1 saturated carbocycles. The molecule has 2 amide bonds. The second-order valence-corrected chi connectivity index (χ2v) is 6.41. The Labute approximate surface area is 129 Å². The number of aryl methyl sites for hydroxylation is 1. The average Bonchev–Trinajstić information content (AvgIpc) is 3.02. The number of anilines is 1. The van der Waals surface area contributed by atoms with Crippen LogP contribution >= 0.6 is 0 Å². The van der Waals surface area contributed by atoms with Gasteiger partial charge in [-0.15, -0.1) is 0 Å². The first kappa shape index (κ1) is 13.5. The van der Waals surface area contributed by atoms with E-state index in [0.29, 0.717) is 6.42 Å². The molecule has 5 heteroatoms. The number of carbonyl (C=O) groups excluding carboxylic acids is 2. The number of fused-ring (bicyclic) bond motifs is 2. The lowest BCUT2D eigenvalue weighted by Crippen LogP contribution is -2.39. The lowest BCUT2D eigenvalue weighted by atomic mass is 9.85. The van der Waals surface area contributed by atoms with Gasteiger partial charge in [-0.3, -0.25) is 9.59 Å². The molecule has 1 aromatic carbocycles. The predicted octanol–water partition coefficient (Wildman–Crippen LogP) is 1.85. The highest BCUT2D eigenvalue weighted by atomic mass is 16.2. The Morgan fingerprint density at radius 2 is 2.00 bits per heavy atom. The van der Waals surface area contributed by atoms with Crippen molar-refractivity contribution in [2.45, 2.75) is 32.1 Å². The summed E-state index contributed by atoms with van der Waals surface area (Å²) in [6.45, 7) is 0. The zero-order valence-corrected chi connectivity index (χ0v) is 12.6. The molecule has 3 aliphatic rings. The monoisotopic (exact) mass is 297 g/mol. The Hall–Kier alpha value is -2.17. The molecular formula is C17H19N3O2. The molecule has 0 bridgehead atoms. The van der Waals surface area contributed by atoms with Gasteiger partial charge < -0.3 is 4.90 Å². The van der Waals surface area contributed by atoms with Crippen molar-refractivity contribution < 1.29 is 9.59 Å². The molecule has 0 spiro atoms. The number of carbonyl (C=O) groups is 2. The summed E-state index contributed by atoms with van der Waals surface area (Å²) in [5.41, 5.74) is 6.95. The van der Waals surface area contributed by atoms with E-state index in [2.05, 4.69) is 16.6 Å². The van der Waals surface area contributed by atoms with Gasteiger partial charge in [-0.25, -0.2) is 5.43 Å². The van der Waals surface area contributed by atoms with Crippen LogP contribution in [0.5, 0.6) is 0 Å². The fourth-order valence-electron chi connectivity index (χ4n) is 3.98. The maximum atomic E-state index is 11.9. The minimum absolute atomic E-state index is 0.0644. The summed E-state index contributed by atoms with van der Waals surface area (Å²) in [7, 11) is 1.82. The quantitative estimate of drug-likeness (QED) is 0.860. The highest BCUT2D eigenvalue weighted by Gasteiger charge is 2.39. The first-order chi connectivity index (χ1) is 10.6. The van der Waals surface area contributed by atoms with Crippen LogP contribution in [0.15, 0.2) is 23.3 Å². The van der Waals surface area contributed by atoms with E-state index in [1.54, 1.807) is 4.90 Å². The zero-order chi connectivity index (χ0) is 15.3. The molecule has 1 fully saturated rings. The number of benzene rings is 1. The molecule has 2 aliphatic heterocycles. The largest absolute Gasteiger partial charge is 0.315 e. The summed E-state index contributed by atoms with van der Waals surface area (Å²) in [5, 5.41) is 4.34. The molecule has 22 heavy (non-hydrogen) atoms. The van der Waals surface area contributed by atoms with E-state index in [1.807, 2.05) is 19.2 Å². The van der Waals surface area contributed by atoms with Crippen molar-refractivity contribution in [1.82, 2.24) is 5.43 Å². The van der Waals surface area contributed by atoms with Crippen molar-refractivity contribution in [3.8, 4) is 0 Å². The van der Waals surface area contributed by atoms with Crippen LogP contribution < -0.4 is 10.3 Å². The summed E-state index contributed by atoms with van der Waals surface area (Å²) in [5.74, 6) is 0.551. The Balaban J connectivity index is 1.72. The summed E-state index contributed by atoms with van der Waals surface area (Å²) in [6.07, 6.45) is 4.41. The molecule has 2 unspecified atom stereocenters. The van der Waals surface area contributed by atoms with Crippen molar-refractivity contribution in [2.24, 2.45) is 16.9 Å². The topological polar surface area (TPSA) is 61.8 Å². The first-order valence-corrected chi connectivity index (χ1v) is 7.92. The highest BCUT2D eigenvalue weighted by Crippen LogP contribution is 2.37. The summed E-state index contributed by atoms with van der Waals surface area (Å²) in [6, 6.07) is 6.17. The third-order valence-electron chi connectivity index (χ3n) is 5.21. The Kier molecular flexibility index (Phi) is 3.03. The fourth-order valence-corrected chi connectivity index (χ4v) is 3.98. The van der Waals surface area contributed by atoms with E-state index in [9.17, 15) is 9.59 Å². The van der Waals surface area contributed by atoms with Crippen molar-refractivity contribution in [1.29, 1.82) is 0 Å². The fraction of sp³-hybridized carbons (Fsp3) is 0.471. The van der Waals surface area contributed by atoms with Crippen molar-refractivity contribution in [3.63, 3.8) is 0 Å². The van der Waals surface area contributed by atoms with Gasteiger partial charge in [-0.05, 0) is 42.5 Å². The summed E-state index contributed by atoms with van der Waals surface area (Å²) < 4.78 is 0. The molecule has 1 aliphatic carbocycles. The van der Waals surface area contributed by atoms with Crippen LogP contribution in [0.1, 0.15) is 36.8 Å². The molecular weight excluding hydrogens is 278 g/mol. The van der Waals surface area contributed by atoms with Crippen molar-refractivity contribution in [2.75, 3.05) is 11.9 Å². The molecule has 0 radical (unpaired) electrons. The van der Waals surface area contributed by atoms with Crippen LogP contribution in [0, 0.1) is 11.8 Å². The van der Waals surface area contributed by atoms with Crippen LogP contribution in [0.4, 0.5) is 5.69 Å². The van der Waals surface area contributed by atoms with Crippen LogP contribution in [-0.2, 0) is 16.0 Å². The smallest absolute Gasteiger partial charge is 0.243 e. The summed E-state index contributed by atoms with van der Waals surface area (Å²) >= 11 is 0. The van der Waals surface area contributed by atoms with Crippen molar-refractivity contribution >= 4 is 23.2 Å². The third kappa shape index (κ3) is 1.95. The van der Waals surface area contributed by atoms with Gasteiger partial charge in [0.1, 0.15) is 0 Å². The third-order valence-corrected chi connectivity index (χ3v) is 5.21. The lowest BCUT2D eigenvalue weighted by Gasteiger charge is -2.28. The number of amides is 2. The maximum Gasteiger partial charge on any atom is 0.243 e. The maximum absolute atomic E-state index is 11.9. The number of hydrogen-bond acceptors (Lipinski definition) is 3.